The number of likely N-dealkylation sites (tertiary alicyclic amines) is 1. The molecule has 3 amide bonds. The number of aliphatic imine (C=N–C) groups is 1. The lowest BCUT2D eigenvalue weighted by atomic mass is 9.96. The van der Waals surface area contributed by atoms with Crippen molar-refractivity contribution in [2.24, 2.45) is 4.99 Å². The standard InChI is InChI=1S/C44H45ClN10O3/c1-27-50-51-43-44(17-18-44)49-40(28-7-10-31(45)11-8-28)34-23-29(9-12-37(34)55(27)43)30-24-46-53(25-30)20-3-2-19-52-21-15-32(16-22-52)47-36-6-4-5-33-35(36)26-54(42(33)58)38-13-14-39(56)48-41(38)57/h4-12,23-25,32,38,47H,2-3,13-22,26H2,1H3,(H,48,56,57). The third kappa shape index (κ3) is 6.69. The van der Waals surface area contributed by atoms with Crippen molar-refractivity contribution in [2.45, 2.75) is 89.0 Å². The molecular weight excluding hydrogens is 752 g/mol. The van der Waals surface area contributed by atoms with Gasteiger partial charge in [0.25, 0.3) is 5.91 Å². The van der Waals surface area contributed by atoms with Gasteiger partial charge in [-0.3, -0.25) is 33.9 Å². The molecule has 1 atom stereocenters. The van der Waals surface area contributed by atoms with Crippen molar-refractivity contribution < 1.29 is 14.4 Å². The van der Waals surface area contributed by atoms with Gasteiger partial charge in [-0.1, -0.05) is 35.9 Å². The molecule has 1 spiro atoms. The Kier molecular flexibility index (Phi) is 9.24. The number of hydrogen-bond donors (Lipinski definition) is 2. The Balaban J connectivity index is 0.746. The summed E-state index contributed by atoms with van der Waals surface area (Å²) in [6.45, 7) is 6.29. The highest BCUT2D eigenvalue weighted by Crippen LogP contribution is 2.52. The van der Waals surface area contributed by atoms with Crippen molar-refractivity contribution >= 4 is 40.7 Å². The predicted molar refractivity (Wildman–Crippen MR) is 220 cm³/mol. The monoisotopic (exact) mass is 796 g/mol. The minimum Gasteiger partial charge on any atom is -0.382 e. The van der Waals surface area contributed by atoms with Crippen LogP contribution in [0.15, 0.2) is 78.0 Å². The Labute approximate surface area is 341 Å². The highest BCUT2D eigenvalue weighted by molar-refractivity contribution is 6.30. The van der Waals surface area contributed by atoms with Crippen LogP contribution in [0.1, 0.15) is 90.1 Å². The quantitative estimate of drug-likeness (QED) is 0.129. The molecule has 58 heavy (non-hydrogen) atoms. The van der Waals surface area contributed by atoms with E-state index in [1.54, 1.807) is 4.90 Å². The molecule has 5 aliphatic rings. The average molecular weight is 797 g/mol. The summed E-state index contributed by atoms with van der Waals surface area (Å²) in [5.41, 5.74) is 8.38. The van der Waals surface area contributed by atoms with Crippen LogP contribution in [0.4, 0.5) is 5.69 Å². The molecule has 0 radical (unpaired) electrons. The molecule has 2 N–H and O–H groups in total. The first kappa shape index (κ1) is 36.7. The first-order valence-corrected chi connectivity index (χ1v) is 20.8. The van der Waals surface area contributed by atoms with Crippen LogP contribution in [-0.4, -0.2) is 89.5 Å². The summed E-state index contributed by atoms with van der Waals surface area (Å²) in [6.07, 6.45) is 10.7. The van der Waals surface area contributed by atoms with E-state index in [1.807, 2.05) is 55.6 Å². The predicted octanol–water partition coefficient (Wildman–Crippen LogP) is 6.05. The number of amides is 3. The van der Waals surface area contributed by atoms with Crippen molar-refractivity contribution in [1.82, 2.24) is 39.7 Å². The summed E-state index contributed by atoms with van der Waals surface area (Å²) in [4.78, 5) is 47.0. The summed E-state index contributed by atoms with van der Waals surface area (Å²) in [6, 6.07) is 20.0. The fraction of sp³-hybridized carbons (Fsp3) is 0.386. The third-order valence-corrected chi connectivity index (χ3v) is 12.8. The zero-order valence-corrected chi connectivity index (χ0v) is 33.2. The molecule has 6 heterocycles. The van der Waals surface area contributed by atoms with Gasteiger partial charge in [-0.2, -0.15) is 5.10 Å². The highest BCUT2D eigenvalue weighted by Gasteiger charge is 2.51. The lowest BCUT2D eigenvalue weighted by Gasteiger charge is -2.33. The first-order chi connectivity index (χ1) is 28.2. The summed E-state index contributed by atoms with van der Waals surface area (Å²) in [7, 11) is 0. The maximum absolute atomic E-state index is 13.3. The van der Waals surface area contributed by atoms with Crippen LogP contribution in [0.3, 0.4) is 0 Å². The van der Waals surface area contributed by atoms with E-state index in [1.165, 1.54) is 0 Å². The molecule has 13 nitrogen and oxygen atoms in total. The fourth-order valence-corrected chi connectivity index (χ4v) is 9.27. The van der Waals surface area contributed by atoms with E-state index in [-0.39, 0.29) is 29.7 Å². The van der Waals surface area contributed by atoms with Gasteiger partial charge in [0.2, 0.25) is 11.8 Å². The SMILES string of the molecule is Cc1nnc2n1-c1ccc(-c3cnn(CCCCN4CCC(Nc5cccc6c5CN(C5CCC(=O)NC5=O)C6=O)CC4)c3)cc1C(c1ccc(Cl)cc1)=NC21CC1. The van der Waals surface area contributed by atoms with E-state index in [2.05, 4.69) is 59.4 Å². The topological polar surface area (TPSA) is 143 Å². The molecule has 4 aliphatic heterocycles. The average Bonchev–Trinajstić information content (AvgIpc) is 3.50. The molecule has 2 aromatic heterocycles. The lowest BCUT2D eigenvalue weighted by molar-refractivity contribution is -0.136. The molecule has 1 saturated carbocycles. The maximum atomic E-state index is 13.3. The molecular formula is C44H45ClN10O3. The Morgan fingerprint density at radius 3 is 2.48 bits per heavy atom. The first-order valence-electron chi connectivity index (χ1n) is 20.4. The van der Waals surface area contributed by atoms with Crippen molar-refractivity contribution in [1.29, 1.82) is 0 Å². The number of halogens is 1. The molecule has 1 unspecified atom stereocenters. The fourth-order valence-electron chi connectivity index (χ4n) is 9.14. The van der Waals surface area contributed by atoms with Crippen LogP contribution in [0.2, 0.25) is 5.02 Å². The molecule has 296 valence electrons. The van der Waals surface area contributed by atoms with Crippen LogP contribution < -0.4 is 10.6 Å². The summed E-state index contributed by atoms with van der Waals surface area (Å²) >= 11 is 6.30. The van der Waals surface area contributed by atoms with Gasteiger partial charge in [0, 0.05) is 83.4 Å². The van der Waals surface area contributed by atoms with Gasteiger partial charge in [0.05, 0.1) is 17.6 Å². The van der Waals surface area contributed by atoms with E-state index in [4.69, 9.17) is 21.7 Å². The van der Waals surface area contributed by atoms with Gasteiger partial charge in [-0.05, 0) is 100 Å². The van der Waals surface area contributed by atoms with Crippen molar-refractivity contribution in [2.75, 3.05) is 25.0 Å². The van der Waals surface area contributed by atoms with Crippen LogP contribution in [-0.2, 0) is 28.2 Å². The van der Waals surface area contributed by atoms with Gasteiger partial charge in [0.1, 0.15) is 17.4 Å². The van der Waals surface area contributed by atoms with Gasteiger partial charge in [-0.15, -0.1) is 10.2 Å². The minimum absolute atomic E-state index is 0.143. The molecule has 5 aromatic rings. The Morgan fingerprint density at radius 2 is 1.69 bits per heavy atom. The summed E-state index contributed by atoms with van der Waals surface area (Å²) in [5, 5.41) is 20.6. The zero-order valence-electron chi connectivity index (χ0n) is 32.5. The zero-order chi connectivity index (χ0) is 39.5. The van der Waals surface area contributed by atoms with Crippen LogP contribution in [0.5, 0.6) is 0 Å². The number of hydrogen-bond acceptors (Lipinski definition) is 9. The van der Waals surface area contributed by atoms with E-state index >= 15 is 0 Å². The molecule has 14 heteroatoms. The lowest BCUT2D eigenvalue weighted by Crippen LogP contribution is -2.52. The van der Waals surface area contributed by atoms with E-state index in [9.17, 15) is 14.4 Å². The van der Waals surface area contributed by atoms with Gasteiger partial charge in [0.15, 0.2) is 5.82 Å². The van der Waals surface area contributed by atoms with Crippen LogP contribution >= 0.6 is 11.6 Å². The molecule has 10 rings (SSSR count). The van der Waals surface area contributed by atoms with E-state index < -0.39 is 6.04 Å². The summed E-state index contributed by atoms with van der Waals surface area (Å²) in [5.74, 6) is 0.957. The minimum atomic E-state index is -0.613. The number of rotatable bonds is 10. The number of nitrogens with zero attached hydrogens (tertiary/aromatic N) is 8. The Morgan fingerprint density at radius 1 is 0.897 bits per heavy atom. The molecule has 3 aromatic carbocycles. The van der Waals surface area contributed by atoms with Gasteiger partial charge in [-0.25, -0.2) is 0 Å². The van der Waals surface area contributed by atoms with Gasteiger partial charge < -0.3 is 15.1 Å². The maximum Gasteiger partial charge on any atom is 0.255 e. The van der Waals surface area contributed by atoms with Gasteiger partial charge >= 0.3 is 0 Å². The molecule has 1 aliphatic carbocycles. The van der Waals surface area contributed by atoms with Crippen molar-refractivity contribution in [3.8, 4) is 16.8 Å². The van der Waals surface area contributed by atoms with Crippen molar-refractivity contribution in [3.05, 3.63) is 112 Å². The number of piperidine rings is 2. The smallest absolute Gasteiger partial charge is 0.255 e. The number of nitrogens with one attached hydrogen (secondary N) is 2. The van der Waals surface area contributed by atoms with Crippen LogP contribution in [0, 0.1) is 6.92 Å². The number of imide groups is 1. The molecule has 0 bridgehead atoms. The Bertz CT molecular complexity index is 2480. The second kappa shape index (κ2) is 14.6. The number of carbonyl (C=O) groups is 3. The third-order valence-electron chi connectivity index (χ3n) is 12.5. The number of unbranched alkanes of at least 4 members (excludes halogenated alkanes) is 1. The second-order valence-electron chi connectivity index (χ2n) is 16.3. The number of benzene rings is 3. The number of aryl methyl sites for hydroxylation is 2. The van der Waals surface area contributed by atoms with E-state index in [0.29, 0.717) is 29.6 Å². The largest absolute Gasteiger partial charge is 0.382 e. The number of aromatic nitrogens is 5. The Hall–Kier alpha value is -5.66. The van der Waals surface area contributed by atoms with Crippen molar-refractivity contribution in [3.63, 3.8) is 0 Å². The molecule has 2 saturated heterocycles. The number of anilines is 1. The van der Waals surface area contributed by atoms with Crippen LogP contribution in [0.25, 0.3) is 16.8 Å². The number of carbonyl (C=O) groups excluding carboxylic acids is 3. The number of fused-ring (bicyclic) bond motifs is 5. The van der Waals surface area contributed by atoms with E-state index in [0.717, 1.165) is 121 Å². The second-order valence-corrected chi connectivity index (χ2v) is 16.8. The molecule has 3 fully saturated rings. The highest BCUT2D eigenvalue weighted by atomic mass is 35.5. The normalized spacial score (nSPS) is 20.0. The summed E-state index contributed by atoms with van der Waals surface area (Å²) < 4.78 is 4.23.